The highest BCUT2D eigenvalue weighted by molar-refractivity contribution is 7.09. The highest BCUT2D eigenvalue weighted by Crippen LogP contribution is 2.15. The van der Waals surface area contributed by atoms with Crippen LogP contribution in [0.3, 0.4) is 0 Å². The molecule has 0 aliphatic carbocycles. The Bertz CT molecular complexity index is 442. The number of benzene rings is 1. The third-order valence-electron chi connectivity index (χ3n) is 2.32. The maximum Gasteiger partial charge on any atom is 0.123 e. The van der Waals surface area contributed by atoms with Crippen molar-refractivity contribution in [1.29, 1.82) is 0 Å². The van der Waals surface area contributed by atoms with Gasteiger partial charge < -0.3 is 5.32 Å². The predicted molar refractivity (Wildman–Crippen MR) is 63.8 cm³/mol. The number of thiazole rings is 1. The molecular formula is C12H13FN2S. The first-order chi connectivity index (χ1) is 7.75. The zero-order valence-electron chi connectivity index (χ0n) is 8.98. The van der Waals surface area contributed by atoms with Gasteiger partial charge in [0.25, 0.3) is 0 Å². The van der Waals surface area contributed by atoms with E-state index in [1.165, 1.54) is 6.07 Å². The number of rotatable bonds is 4. The van der Waals surface area contributed by atoms with Gasteiger partial charge in [-0.05, 0) is 24.6 Å². The summed E-state index contributed by atoms with van der Waals surface area (Å²) in [4.78, 5) is 4.23. The first-order valence-corrected chi connectivity index (χ1v) is 6.01. The lowest BCUT2D eigenvalue weighted by atomic mass is 10.2. The van der Waals surface area contributed by atoms with Crippen molar-refractivity contribution in [3.63, 3.8) is 0 Å². The van der Waals surface area contributed by atoms with Crippen molar-refractivity contribution in [2.75, 3.05) is 0 Å². The Morgan fingerprint density at radius 2 is 2.38 bits per heavy atom. The number of hydrogen-bond donors (Lipinski definition) is 1. The Morgan fingerprint density at radius 1 is 1.50 bits per heavy atom. The van der Waals surface area contributed by atoms with Crippen molar-refractivity contribution < 1.29 is 4.39 Å². The lowest BCUT2D eigenvalue weighted by molar-refractivity contribution is 0.567. The van der Waals surface area contributed by atoms with Gasteiger partial charge in [-0.1, -0.05) is 12.1 Å². The SMILES string of the molecule is CC(NCc1cccc(F)c1)c1nccs1. The third-order valence-corrected chi connectivity index (χ3v) is 3.28. The van der Waals surface area contributed by atoms with E-state index in [2.05, 4.69) is 17.2 Å². The molecule has 16 heavy (non-hydrogen) atoms. The molecule has 1 unspecified atom stereocenters. The maximum absolute atomic E-state index is 12.9. The minimum atomic E-state index is -0.193. The van der Waals surface area contributed by atoms with Crippen molar-refractivity contribution in [3.8, 4) is 0 Å². The molecule has 0 saturated carbocycles. The zero-order valence-corrected chi connectivity index (χ0v) is 9.80. The summed E-state index contributed by atoms with van der Waals surface area (Å²) in [5, 5.41) is 6.32. The summed E-state index contributed by atoms with van der Waals surface area (Å²) >= 11 is 1.62. The standard InChI is InChI=1S/C12H13FN2S/c1-9(12-14-5-6-16-12)15-8-10-3-2-4-11(13)7-10/h2-7,9,15H,8H2,1H3. The van der Waals surface area contributed by atoms with Crippen LogP contribution in [0.1, 0.15) is 23.5 Å². The summed E-state index contributed by atoms with van der Waals surface area (Å²) in [5.41, 5.74) is 0.948. The predicted octanol–water partition coefficient (Wildman–Crippen LogP) is 3.13. The first-order valence-electron chi connectivity index (χ1n) is 5.13. The molecule has 0 saturated heterocycles. The van der Waals surface area contributed by atoms with Crippen LogP contribution < -0.4 is 5.32 Å². The van der Waals surface area contributed by atoms with Gasteiger partial charge in [-0.15, -0.1) is 11.3 Å². The van der Waals surface area contributed by atoms with Crippen LogP contribution in [-0.2, 0) is 6.54 Å². The fourth-order valence-electron chi connectivity index (χ4n) is 1.45. The number of nitrogens with one attached hydrogen (secondary N) is 1. The Morgan fingerprint density at radius 3 is 3.06 bits per heavy atom. The van der Waals surface area contributed by atoms with Gasteiger partial charge in [0.2, 0.25) is 0 Å². The molecule has 0 bridgehead atoms. The monoisotopic (exact) mass is 236 g/mol. The molecule has 1 heterocycles. The number of aromatic nitrogens is 1. The summed E-state index contributed by atoms with van der Waals surface area (Å²) < 4.78 is 12.9. The molecule has 0 aliphatic rings. The van der Waals surface area contributed by atoms with E-state index in [9.17, 15) is 4.39 Å². The summed E-state index contributed by atoms with van der Waals surface area (Å²) in [7, 11) is 0. The molecule has 0 aliphatic heterocycles. The molecule has 0 radical (unpaired) electrons. The molecule has 0 amide bonds. The second kappa shape index (κ2) is 5.18. The average molecular weight is 236 g/mol. The summed E-state index contributed by atoms with van der Waals surface area (Å²) in [6, 6.07) is 6.82. The van der Waals surface area contributed by atoms with E-state index in [0.29, 0.717) is 6.54 Å². The van der Waals surface area contributed by atoms with Gasteiger partial charge in [0, 0.05) is 18.1 Å². The van der Waals surface area contributed by atoms with Crippen LogP contribution >= 0.6 is 11.3 Å². The van der Waals surface area contributed by atoms with Gasteiger partial charge in [-0.25, -0.2) is 9.37 Å². The van der Waals surface area contributed by atoms with Crippen LogP contribution in [0.25, 0.3) is 0 Å². The number of hydrogen-bond acceptors (Lipinski definition) is 3. The average Bonchev–Trinajstić information content (AvgIpc) is 2.79. The minimum Gasteiger partial charge on any atom is -0.304 e. The highest BCUT2D eigenvalue weighted by atomic mass is 32.1. The van der Waals surface area contributed by atoms with E-state index in [1.54, 1.807) is 29.7 Å². The van der Waals surface area contributed by atoms with Gasteiger partial charge >= 0.3 is 0 Å². The Hall–Kier alpha value is -1.26. The molecule has 4 heteroatoms. The quantitative estimate of drug-likeness (QED) is 0.882. The number of halogens is 1. The molecule has 2 rings (SSSR count). The van der Waals surface area contributed by atoms with E-state index in [1.807, 2.05) is 11.4 Å². The molecule has 1 atom stereocenters. The zero-order chi connectivity index (χ0) is 11.4. The summed E-state index contributed by atoms with van der Waals surface area (Å²) in [5.74, 6) is -0.193. The highest BCUT2D eigenvalue weighted by Gasteiger charge is 2.06. The molecule has 2 nitrogen and oxygen atoms in total. The molecule has 0 spiro atoms. The normalized spacial score (nSPS) is 12.6. The molecular weight excluding hydrogens is 223 g/mol. The smallest absolute Gasteiger partial charge is 0.123 e. The maximum atomic E-state index is 12.9. The van der Waals surface area contributed by atoms with Crippen LogP contribution in [0, 0.1) is 5.82 Å². The van der Waals surface area contributed by atoms with Gasteiger partial charge in [-0.3, -0.25) is 0 Å². The number of nitrogens with zero attached hydrogens (tertiary/aromatic N) is 1. The van der Waals surface area contributed by atoms with Gasteiger partial charge in [0.1, 0.15) is 10.8 Å². The van der Waals surface area contributed by atoms with Crippen LogP contribution in [0.15, 0.2) is 35.8 Å². The van der Waals surface area contributed by atoms with E-state index in [-0.39, 0.29) is 11.9 Å². The van der Waals surface area contributed by atoms with Crippen molar-refractivity contribution in [3.05, 3.63) is 52.2 Å². The van der Waals surface area contributed by atoms with Crippen LogP contribution in [-0.4, -0.2) is 4.98 Å². The van der Waals surface area contributed by atoms with E-state index in [0.717, 1.165) is 10.6 Å². The van der Waals surface area contributed by atoms with Crippen molar-refractivity contribution in [2.24, 2.45) is 0 Å². The molecule has 2 aromatic rings. The lowest BCUT2D eigenvalue weighted by Crippen LogP contribution is -2.17. The third kappa shape index (κ3) is 2.87. The second-order valence-electron chi connectivity index (χ2n) is 3.60. The fraction of sp³-hybridized carbons (Fsp3) is 0.250. The van der Waals surface area contributed by atoms with Crippen LogP contribution in [0.4, 0.5) is 4.39 Å². The van der Waals surface area contributed by atoms with E-state index < -0.39 is 0 Å². The Labute approximate surface area is 98.2 Å². The second-order valence-corrected chi connectivity index (χ2v) is 4.53. The van der Waals surface area contributed by atoms with E-state index in [4.69, 9.17) is 0 Å². The Balaban J connectivity index is 1.92. The van der Waals surface area contributed by atoms with Gasteiger partial charge in [0.15, 0.2) is 0 Å². The topological polar surface area (TPSA) is 24.9 Å². The largest absolute Gasteiger partial charge is 0.304 e. The molecule has 0 fully saturated rings. The van der Waals surface area contributed by atoms with Crippen molar-refractivity contribution in [2.45, 2.75) is 19.5 Å². The Kier molecular flexibility index (Phi) is 3.64. The fourth-order valence-corrected chi connectivity index (χ4v) is 2.12. The minimum absolute atomic E-state index is 0.193. The van der Waals surface area contributed by atoms with Crippen LogP contribution in [0.2, 0.25) is 0 Å². The molecule has 1 aromatic heterocycles. The summed E-state index contributed by atoms with van der Waals surface area (Å²) in [6.45, 7) is 2.70. The molecule has 1 N–H and O–H groups in total. The van der Waals surface area contributed by atoms with Gasteiger partial charge in [0.05, 0.1) is 6.04 Å². The summed E-state index contributed by atoms with van der Waals surface area (Å²) in [6.07, 6.45) is 1.79. The molecule has 1 aromatic carbocycles. The van der Waals surface area contributed by atoms with Crippen molar-refractivity contribution in [1.82, 2.24) is 10.3 Å². The van der Waals surface area contributed by atoms with Crippen molar-refractivity contribution >= 4 is 11.3 Å². The van der Waals surface area contributed by atoms with Crippen LogP contribution in [0.5, 0.6) is 0 Å². The lowest BCUT2D eigenvalue weighted by Gasteiger charge is -2.10. The molecule has 84 valence electrons. The van der Waals surface area contributed by atoms with E-state index >= 15 is 0 Å². The van der Waals surface area contributed by atoms with Gasteiger partial charge in [-0.2, -0.15) is 0 Å². The first kappa shape index (κ1) is 11.2.